The highest BCUT2D eigenvalue weighted by atomic mass is 32.2. The van der Waals surface area contributed by atoms with Crippen LogP contribution in [0.5, 0.6) is 11.6 Å². The van der Waals surface area contributed by atoms with E-state index in [9.17, 15) is 13.2 Å². The topological polar surface area (TPSA) is 141 Å². The molecule has 0 aliphatic heterocycles. The number of thiazole rings is 1. The van der Waals surface area contributed by atoms with Crippen LogP contribution in [0.25, 0.3) is 5.82 Å². The van der Waals surface area contributed by atoms with E-state index in [0.717, 1.165) is 28.3 Å². The predicted molar refractivity (Wildman–Crippen MR) is 127 cm³/mol. The zero-order chi connectivity index (χ0) is 24.5. The number of hydrogen-bond acceptors (Lipinski definition) is 9. The SMILES string of the molecule is CC(=O)Nc1ncc(S(=O)(=O)Nc2ccc(Oc3cc(-n4nc(C)c(C)c4C)ncn3)cc2)s1. The number of hydrogen-bond donors (Lipinski definition) is 2. The highest BCUT2D eigenvalue weighted by Gasteiger charge is 2.19. The van der Waals surface area contributed by atoms with Gasteiger partial charge in [0.25, 0.3) is 10.0 Å². The minimum atomic E-state index is -3.86. The van der Waals surface area contributed by atoms with Crippen molar-refractivity contribution in [1.82, 2.24) is 24.7 Å². The molecule has 0 atom stereocenters. The smallest absolute Gasteiger partial charge is 0.273 e. The molecular formula is C21H21N7O4S2. The van der Waals surface area contributed by atoms with Crippen molar-refractivity contribution in [2.75, 3.05) is 10.0 Å². The number of ether oxygens (including phenoxy) is 1. The van der Waals surface area contributed by atoms with Gasteiger partial charge in [-0.2, -0.15) is 5.10 Å². The van der Waals surface area contributed by atoms with E-state index < -0.39 is 10.0 Å². The Labute approximate surface area is 199 Å². The molecule has 3 heterocycles. The normalized spacial score (nSPS) is 11.3. The van der Waals surface area contributed by atoms with Crippen molar-refractivity contribution in [1.29, 1.82) is 0 Å². The summed E-state index contributed by atoms with van der Waals surface area (Å²) in [7, 11) is -3.86. The number of amides is 1. The molecule has 176 valence electrons. The lowest BCUT2D eigenvalue weighted by molar-refractivity contribution is -0.114. The third kappa shape index (κ3) is 5.05. The molecule has 11 nitrogen and oxygen atoms in total. The maximum Gasteiger partial charge on any atom is 0.273 e. The number of anilines is 2. The monoisotopic (exact) mass is 499 g/mol. The molecule has 4 rings (SSSR count). The number of nitrogens with one attached hydrogen (secondary N) is 2. The molecule has 1 aromatic carbocycles. The standard InChI is InChI=1S/C21H21N7O4S2/c1-12-13(2)26-28(14(12)3)18-9-19(24-11-23-18)32-17-7-5-16(6-8-17)27-34(30,31)20-10-22-21(33-20)25-15(4)29/h5-11,27H,1-4H3,(H,22,25,29). The first-order valence-electron chi connectivity index (χ1n) is 10.0. The highest BCUT2D eigenvalue weighted by molar-refractivity contribution is 7.94. The Morgan fingerprint density at radius 1 is 1.09 bits per heavy atom. The van der Waals surface area contributed by atoms with Gasteiger partial charge in [0.05, 0.1) is 11.9 Å². The molecule has 0 spiro atoms. The van der Waals surface area contributed by atoms with E-state index in [0.29, 0.717) is 23.1 Å². The molecule has 4 aromatic rings. The van der Waals surface area contributed by atoms with E-state index in [1.807, 2.05) is 20.8 Å². The van der Waals surface area contributed by atoms with Gasteiger partial charge in [0.1, 0.15) is 12.1 Å². The fourth-order valence-electron chi connectivity index (χ4n) is 2.95. The summed E-state index contributed by atoms with van der Waals surface area (Å²) in [6.45, 7) is 7.22. The van der Waals surface area contributed by atoms with Gasteiger partial charge in [-0.1, -0.05) is 11.3 Å². The molecule has 0 fully saturated rings. The lowest BCUT2D eigenvalue weighted by Crippen LogP contribution is -2.11. The number of aryl methyl sites for hydroxylation is 1. The third-order valence-electron chi connectivity index (χ3n) is 4.86. The molecule has 0 unspecified atom stereocenters. The Morgan fingerprint density at radius 3 is 2.47 bits per heavy atom. The summed E-state index contributed by atoms with van der Waals surface area (Å²) >= 11 is 0.856. The van der Waals surface area contributed by atoms with Gasteiger partial charge in [-0.05, 0) is 50.6 Å². The molecule has 34 heavy (non-hydrogen) atoms. The molecule has 0 radical (unpaired) electrons. The van der Waals surface area contributed by atoms with Crippen molar-refractivity contribution < 1.29 is 17.9 Å². The number of benzene rings is 1. The molecule has 0 saturated heterocycles. The molecule has 1 amide bonds. The number of carbonyl (C=O) groups is 1. The van der Waals surface area contributed by atoms with Gasteiger partial charge < -0.3 is 10.1 Å². The van der Waals surface area contributed by atoms with Gasteiger partial charge in [0.15, 0.2) is 15.2 Å². The van der Waals surface area contributed by atoms with E-state index >= 15 is 0 Å². The Kier molecular flexibility index (Phi) is 6.30. The summed E-state index contributed by atoms with van der Waals surface area (Å²) in [6.07, 6.45) is 2.58. The maximum atomic E-state index is 12.6. The molecule has 13 heteroatoms. The van der Waals surface area contributed by atoms with Crippen LogP contribution >= 0.6 is 11.3 Å². The van der Waals surface area contributed by atoms with Crippen LogP contribution in [0.1, 0.15) is 23.9 Å². The van der Waals surface area contributed by atoms with Gasteiger partial charge in [-0.15, -0.1) is 0 Å². The average molecular weight is 500 g/mol. The molecule has 0 aliphatic rings. The van der Waals surface area contributed by atoms with Crippen LogP contribution in [0.2, 0.25) is 0 Å². The van der Waals surface area contributed by atoms with Crippen LogP contribution in [-0.2, 0) is 14.8 Å². The van der Waals surface area contributed by atoms with E-state index in [4.69, 9.17) is 4.74 Å². The van der Waals surface area contributed by atoms with Crippen LogP contribution in [0.3, 0.4) is 0 Å². The molecule has 0 saturated carbocycles. The van der Waals surface area contributed by atoms with E-state index in [1.54, 1.807) is 35.0 Å². The third-order valence-corrected chi connectivity index (χ3v) is 7.61. The predicted octanol–water partition coefficient (Wildman–Crippen LogP) is 3.60. The van der Waals surface area contributed by atoms with Crippen LogP contribution in [-0.4, -0.2) is 39.1 Å². The Hall–Kier alpha value is -3.84. The van der Waals surface area contributed by atoms with Gasteiger partial charge in [-0.3, -0.25) is 9.52 Å². The maximum absolute atomic E-state index is 12.6. The highest BCUT2D eigenvalue weighted by Crippen LogP contribution is 2.27. The number of aromatic nitrogens is 5. The van der Waals surface area contributed by atoms with Gasteiger partial charge in [0.2, 0.25) is 11.8 Å². The number of rotatable bonds is 7. The van der Waals surface area contributed by atoms with Gasteiger partial charge in [0, 0.05) is 24.4 Å². The number of sulfonamides is 1. The molecule has 0 aliphatic carbocycles. The fraction of sp³-hybridized carbons (Fsp3) is 0.190. The molecule has 2 N–H and O–H groups in total. The minimum absolute atomic E-state index is 0.0236. The quantitative estimate of drug-likeness (QED) is 0.393. The Bertz CT molecular complexity index is 1460. The molecule has 3 aromatic heterocycles. The van der Waals surface area contributed by atoms with E-state index in [-0.39, 0.29) is 15.2 Å². The van der Waals surface area contributed by atoms with Crippen molar-refractivity contribution >= 4 is 38.1 Å². The summed E-state index contributed by atoms with van der Waals surface area (Å²) in [5.74, 6) is 1.02. The minimum Gasteiger partial charge on any atom is -0.439 e. The summed E-state index contributed by atoms with van der Waals surface area (Å²) < 4.78 is 35.2. The lowest BCUT2D eigenvalue weighted by atomic mass is 10.2. The van der Waals surface area contributed by atoms with Crippen LogP contribution < -0.4 is 14.8 Å². The molecular weight excluding hydrogens is 478 g/mol. The number of carbonyl (C=O) groups excluding carboxylic acids is 1. The van der Waals surface area contributed by atoms with Crippen molar-refractivity contribution in [3.05, 3.63) is 59.8 Å². The zero-order valence-electron chi connectivity index (χ0n) is 18.7. The first kappa shape index (κ1) is 23.3. The van der Waals surface area contributed by atoms with Crippen molar-refractivity contribution in [2.45, 2.75) is 31.9 Å². The van der Waals surface area contributed by atoms with Crippen LogP contribution in [0.15, 0.2) is 47.1 Å². The van der Waals surface area contributed by atoms with E-state index in [2.05, 4.69) is 30.1 Å². The number of nitrogens with zero attached hydrogens (tertiary/aromatic N) is 5. The zero-order valence-corrected chi connectivity index (χ0v) is 20.4. The van der Waals surface area contributed by atoms with Crippen LogP contribution in [0.4, 0.5) is 10.8 Å². The summed E-state index contributed by atoms with van der Waals surface area (Å²) in [5, 5.41) is 7.16. The van der Waals surface area contributed by atoms with Crippen molar-refractivity contribution in [3.63, 3.8) is 0 Å². The second kappa shape index (κ2) is 9.19. The second-order valence-electron chi connectivity index (χ2n) is 7.32. The van der Waals surface area contributed by atoms with E-state index in [1.165, 1.54) is 19.4 Å². The Morgan fingerprint density at radius 2 is 1.82 bits per heavy atom. The van der Waals surface area contributed by atoms with Crippen molar-refractivity contribution in [3.8, 4) is 17.4 Å². The molecule has 0 bridgehead atoms. The van der Waals surface area contributed by atoms with Gasteiger partial charge in [-0.25, -0.2) is 28.1 Å². The summed E-state index contributed by atoms with van der Waals surface area (Å²) in [4.78, 5) is 23.4. The Balaban J connectivity index is 1.46. The summed E-state index contributed by atoms with van der Waals surface area (Å²) in [6, 6.07) is 8.03. The van der Waals surface area contributed by atoms with Gasteiger partial charge >= 0.3 is 0 Å². The lowest BCUT2D eigenvalue weighted by Gasteiger charge is -2.09. The first-order valence-corrected chi connectivity index (χ1v) is 12.3. The second-order valence-corrected chi connectivity index (χ2v) is 10.3. The fourth-order valence-corrected chi connectivity index (χ4v) is 5.09. The average Bonchev–Trinajstić information content (AvgIpc) is 3.35. The van der Waals surface area contributed by atoms with Crippen LogP contribution in [0, 0.1) is 20.8 Å². The first-order chi connectivity index (χ1) is 16.1. The summed E-state index contributed by atoms with van der Waals surface area (Å²) in [5.41, 5.74) is 3.32. The van der Waals surface area contributed by atoms with Crippen molar-refractivity contribution in [2.24, 2.45) is 0 Å². The largest absolute Gasteiger partial charge is 0.439 e.